The summed E-state index contributed by atoms with van der Waals surface area (Å²) in [5, 5.41) is 3.26. The molecule has 2 rings (SSSR count). The molecule has 0 nitrogen and oxygen atoms in total. The van der Waals surface area contributed by atoms with Crippen molar-refractivity contribution in [1.29, 1.82) is 0 Å². The van der Waals surface area contributed by atoms with Gasteiger partial charge in [-0.1, -0.05) is 19.4 Å². The van der Waals surface area contributed by atoms with E-state index in [9.17, 15) is 0 Å². The number of thioether (sulfide) groups is 1. The van der Waals surface area contributed by atoms with Crippen LogP contribution in [0, 0.1) is 11.8 Å². The van der Waals surface area contributed by atoms with Crippen molar-refractivity contribution in [3.8, 4) is 0 Å². The number of rotatable bonds is 1. The molecule has 1 heterocycles. The smallest absolute Gasteiger partial charge is 0.0154 e. The first kappa shape index (κ1) is 6.78. The van der Waals surface area contributed by atoms with Crippen LogP contribution in [0.5, 0.6) is 0 Å². The molecule has 0 aromatic carbocycles. The molecule has 2 aliphatic rings. The van der Waals surface area contributed by atoms with Crippen LogP contribution in [0.1, 0.15) is 26.2 Å². The van der Waals surface area contributed by atoms with Crippen LogP contribution in [0.4, 0.5) is 0 Å². The normalized spacial score (nSPS) is 44.3. The van der Waals surface area contributed by atoms with E-state index < -0.39 is 0 Å². The Kier molecular flexibility index (Phi) is 1.77. The van der Waals surface area contributed by atoms with Crippen molar-refractivity contribution < 1.29 is 0 Å². The van der Waals surface area contributed by atoms with E-state index in [1.165, 1.54) is 19.3 Å². The average molecular weight is 154 g/mol. The van der Waals surface area contributed by atoms with Crippen LogP contribution in [-0.4, -0.2) is 5.25 Å². The Morgan fingerprint density at radius 2 is 2.40 bits per heavy atom. The highest BCUT2D eigenvalue weighted by Crippen LogP contribution is 2.45. The minimum atomic E-state index is 0.940. The van der Waals surface area contributed by atoms with Crippen LogP contribution in [0.25, 0.3) is 0 Å². The van der Waals surface area contributed by atoms with Crippen LogP contribution in [0.2, 0.25) is 0 Å². The predicted octanol–water partition coefficient (Wildman–Crippen LogP) is 3.05. The van der Waals surface area contributed by atoms with Gasteiger partial charge in [-0.2, -0.15) is 0 Å². The Labute approximate surface area is 67.1 Å². The van der Waals surface area contributed by atoms with Crippen molar-refractivity contribution in [1.82, 2.24) is 0 Å². The van der Waals surface area contributed by atoms with E-state index in [0.29, 0.717) is 0 Å². The molecule has 3 atom stereocenters. The molecular weight excluding hydrogens is 140 g/mol. The molecule has 1 fully saturated rings. The first-order valence-corrected chi connectivity index (χ1v) is 5.16. The fourth-order valence-corrected chi connectivity index (χ4v) is 3.36. The summed E-state index contributed by atoms with van der Waals surface area (Å²) in [4.78, 5) is 0. The minimum Gasteiger partial charge on any atom is -0.130 e. The summed E-state index contributed by atoms with van der Waals surface area (Å²) in [6.45, 7) is 2.32. The molecule has 1 saturated carbocycles. The maximum absolute atomic E-state index is 2.41. The molecule has 1 aliphatic heterocycles. The monoisotopic (exact) mass is 154 g/mol. The lowest BCUT2D eigenvalue weighted by Gasteiger charge is -2.04. The molecule has 56 valence electrons. The van der Waals surface area contributed by atoms with Crippen molar-refractivity contribution in [3.05, 3.63) is 11.5 Å². The van der Waals surface area contributed by atoms with Crippen LogP contribution < -0.4 is 0 Å². The Balaban J connectivity index is 1.99. The van der Waals surface area contributed by atoms with Crippen molar-refractivity contribution in [2.45, 2.75) is 31.4 Å². The third-order valence-corrected chi connectivity index (χ3v) is 4.01. The molecule has 1 aliphatic carbocycles. The Morgan fingerprint density at radius 3 is 3.10 bits per heavy atom. The van der Waals surface area contributed by atoms with E-state index in [0.717, 1.165) is 17.1 Å². The van der Waals surface area contributed by atoms with Gasteiger partial charge in [-0.3, -0.25) is 0 Å². The summed E-state index contributed by atoms with van der Waals surface area (Å²) < 4.78 is 0. The van der Waals surface area contributed by atoms with Crippen LogP contribution >= 0.6 is 11.8 Å². The van der Waals surface area contributed by atoms with Gasteiger partial charge in [0.05, 0.1) is 0 Å². The van der Waals surface area contributed by atoms with Gasteiger partial charge in [-0.15, -0.1) is 11.8 Å². The minimum absolute atomic E-state index is 0.940. The highest BCUT2D eigenvalue weighted by molar-refractivity contribution is 8.03. The Hall–Kier alpha value is 0.0900. The van der Waals surface area contributed by atoms with Gasteiger partial charge in [0.25, 0.3) is 0 Å². The van der Waals surface area contributed by atoms with Gasteiger partial charge in [0.1, 0.15) is 0 Å². The average Bonchev–Trinajstić information content (AvgIpc) is 2.42. The summed E-state index contributed by atoms with van der Waals surface area (Å²) in [6, 6.07) is 0. The molecule has 0 saturated heterocycles. The van der Waals surface area contributed by atoms with E-state index >= 15 is 0 Å². The highest BCUT2D eigenvalue weighted by atomic mass is 32.2. The Morgan fingerprint density at radius 1 is 1.50 bits per heavy atom. The third kappa shape index (κ3) is 1.01. The summed E-state index contributed by atoms with van der Waals surface area (Å²) in [5.74, 6) is 1.97. The van der Waals surface area contributed by atoms with E-state index in [4.69, 9.17) is 0 Å². The predicted molar refractivity (Wildman–Crippen MR) is 47.0 cm³/mol. The quantitative estimate of drug-likeness (QED) is 0.559. The molecular formula is C9H14S. The van der Waals surface area contributed by atoms with Gasteiger partial charge in [-0.05, 0) is 30.1 Å². The van der Waals surface area contributed by atoms with Gasteiger partial charge >= 0.3 is 0 Å². The summed E-state index contributed by atoms with van der Waals surface area (Å²) in [6.07, 6.45) is 6.73. The van der Waals surface area contributed by atoms with E-state index in [2.05, 4.69) is 30.2 Å². The zero-order valence-corrected chi connectivity index (χ0v) is 7.23. The third-order valence-electron chi connectivity index (χ3n) is 2.81. The molecule has 0 radical (unpaired) electrons. The van der Waals surface area contributed by atoms with E-state index in [1.807, 2.05) is 0 Å². The van der Waals surface area contributed by atoms with Gasteiger partial charge in [0.15, 0.2) is 0 Å². The van der Waals surface area contributed by atoms with Gasteiger partial charge < -0.3 is 0 Å². The van der Waals surface area contributed by atoms with Crippen molar-refractivity contribution in [2.75, 3.05) is 0 Å². The second kappa shape index (κ2) is 2.61. The maximum atomic E-state index is 2.41. The van der Waals surface area contributed by atoms with Crippen molar-refractivity contribution >= 4 is 11.8 Å². The summed E-state index contributed by atoms with van der Waals surface area (Å²) in [5.41, 5.74) is 0. The van der Waals surface area contributed by atoms with Crippen molar-refractivity contribution in [2.24, 2.45) is 11.8 Å². The fraction of sp³-hybridized carbons (Fsp3) is 0.778. The molecule has 3 unspecified atom stereocenters. The maximum Gasteiger partial charge on any atom is 0.0154 e. The second-order valence-electron chi connectivity index (χ2n) is 3.41. The number of hydrogen-bond acceptors (Lipinski definition) is 1. The van der Waals surface area contributed by atoms with Crippen molar-refractivity contribution in [3.63, 3.8) is 0 Å². The lowest BCUT2D eigenvalue weighted by molar-refractivity contribution is 0.515. The van der Waals surface area contributed by atoms with Crippen LogP contribution in [0.15, 0.2) is 11.5 Å². The zero-order valence-electron chi connectivity index (χ0n) is 6.42. The molecule has 0 aromatic rings. The molecule has 1 heteroatoms. The molecule has 0 aromatic heterocycles. The first-order chi connectivity index (χ1) is 4.90. The zero-order chi connectivity index (χ0) is 6.97. The SMILES string of the molecule is CCC1CC2C=CSC2C1. The van der Waals surface area contributed by atoms with E-state index in [1.54, 1.807) is 0 Å². The van der Waals surface area contributed by atoms with Gasteiger partial charge in [0, 0.05) is 5.25 Å². The lowest BCUT2D eigenvalue weighted by atomic mass is 10.0. The van der Waals surface area contributed by atoms with Gasteiger partial charge in [0.2, 0.25) is 0 Å². The molecule has 0 N–H and O–H groups in total. The molecule has 0 spiro atoms. The van der Waals surface area contributed by atoms with Crippen LogP contribution in [-0.2, 0) is 0 Å². The summed E-state index contributed by atoms with van der Waals surface area (Å²) in [7, 11) is 0. The lowest BCUT2D eigenvalue weighted by Crippen LogP contribution is -2.00. The second-order valence-corrected chi connectivity index (χ2v) is 4.56. The largest absolute Gasteiger partial charge is 0.130 e. The highest BCUT2D eigenvalue weighted by Gasteiger charge is 2.33. The van der Waals surface area contributed by atoms with E-state index in [-0.39, 0.29) is 0 Å². The fourth-order valence-electron chi connectivity index (χ4n) is 2.08. The topological polar surface area (TPSA) is 0 Å². The Bertz CT molecular complexity index is 151. The summed E-state index contributed by atoms with van der Waals surface area (Å²) >= 11 is 2.05. The standard InChI is InChI=1S/C9H14S/c1-2-7-5-8-3-4-10-9(8)6-7/h3-4,7-9H,2,5-6H2,1H3. The number of hydrogen-bond donors (Lipinski definition) is 0. The molecule has 0 amide bonds. The van der Waals surface area contributed by atoms with Crippen LogP contribution in [0.3, 0.4) is 0 Å². The number of fused-ring (bicyclic) bond motifs is 1. The molecule has 10 heavy (non-hydrogen) atoms. The molecule has 0 bridgehead atoms. The van der Waals surface area contributed by atoms with Gasteiger partial charge in [-0.25, -0.2) is 0 Å². The first-order valence-electron chi connectivity index (χ1n) is 4.22. The number of allylic oxidation sites excluding steroid dienone is 1.